The quantitative estimate of drug-likeness (QED) is 0.788. The minimum absolute atomic E-state index is 0.149. The largest absolute Gasteiger partial charge is 0.363 e. The van der Waals surface area contributed by atoms with Gasteiger partial charge in [0.15, 0.2) is 0 Å². The fourth-order valence-electron chi connectivity index (χ4n) is 2.30. The van der Waals surface area contributed by atoms with E-state index in [2.05, 4.69) is 9.97 Å². The highest BCUT2D eigenvalue weighted by Gasteiger charge is 2.27. The number of carbonyl (C=O) groups excluding carboxylic acids is 1. The molecule has 18 heavy (non-hydrogen) atoms. The number of hydrogen-bond donors (Lipinski definition) is 0. The van der Waals surface area contributed by atoms with Gasteiger partial charge in [0.25, 0.3) is 0 Å². The van der Waals surface area contributed by atoms with Crippen molar-refractivity contribution in [2.24, 2.45) is 0 Å². The molecule has 1 aliphatic heterocycles. The van der Waals surface area contributed by atoms with Crippen molar-refractivity contribution in [3.05, 3.63) is 17.6 Å². The van der Waals surface area contributed by atoms with E-state index in [1.165, 1.54) is 0 Å². The number of aryl methyl sites for hydroxylation is 1. The molecule has 98 valence electrons. The Hall–Kier alpha value is -1.65. The minimum atomic E-state index is 0.149. The molecule has 1 unspecified atom stereocenters. The third-order valence-electron chi connectivity index (χ3n) is 3.35. The summed E-state index contributed by atoms with van der Waals surface area (Å²) in [6.07, 6.45) is 0.989. The summed E-state index contributed by atoms with van der Waals surface area (Å²) in [5.41, 5.74) is 1.05. The molecule has 0 radical (unpaired) electrons. The molecule has 5 heteroatoms. The number of amides is 1. The van der Waals surface area contributed by atoms with Gasteiger partial charge < -0.3 is 9.80 Å². The zero-order valence-corrected chi connectivity index (χ0v) is 11.5. The monoisotopic (exact) mass is 248 g/mol. The maximum absolute atomic E-state index is 11.3. The molecular weight excluding hydrogens is 228 g/mol. The van der Waals surface area contributed by atoms with Crippen molar-refractivity contribution in [1.82, 2.24) is 14.9 Å². The van der Waals surface area contributed by atoms with Crippen LogP contribution in [-0.4, -0.2) is 48.0 Å². The van der Waals surface area contributed by atoms with Crippen LogP contribution in [-0.2, 0) is 4.79 Å². The van der Waals surface area contributed by atoms with Crippen molar-refractivity contribution in [3.8, 4) is 0 Å². The SMILES string of the molecule is CC(=O)N1CCC(c2cc(N(C)C)nc(C)n2)C1. The van der Waals surface area contributed by atoms with Crippen LogP contribution in [0.4, 0.5) is 5.82 Å². The maximum atomic E-state index is 11.3. The van der Waals surface area contributed by atoms with Crippen molar-refractivity contribution < 1.29 is 4.79 Å². The van der Waals surface area contributed by atoms with E-state index in [4.69, 9.17) is 0 Å². The Balaban J connectivity index is 2.21. The lowest BCUT2D eigenvalue weighted by Gasteiger charge is -2.16. The number of hydrogen-bond acceptors (Lipinski definition) is 4. The van der Waals surface area contributed by atoms with E-state index in [0.717, 1.165) is 36.8 Å². The normalized spacial score (nSPS) is 19.1. The highest BCUT2D eigenvalue weighted by atomic mass is 16.2. The van der Waals surface area contributed by atoms with Crippen LogP contribution < -0.4 is 4.90 Å². The molecule has 1 fully saturated rings. The summed E-state index contributed by atoms with van der Waals surface area (Å²) in [6, 6.07) is 2.03. The Morgan fingerprint density at radius 3 is 2.72 bits per heavy atom. The maximum Gasteiger partial charge on any atom is 0.219 e. The lowest BCUT2D eigenvalue weighted by Crippen LogP contribution is -2.25. The number of anilines is 1. The van der Waals surface area contributed by atoms with Crippen LogP contribution in [0, 0.1) is 6.92 Å². The molecule has 1 atom stereocenters. The highest BCUT2D eigenvalue weighted by molar-refractivity contribution is 5.73. The molecule has 0 aliphatic carbocycles. The number of rotatable bonds is 2. The molecular formula is C13H20N4O. The van der Waals surface area contributed by atoms with Gasteiger partial charge in [-0.2, -0.15) is 0 Å². The van der Waals surface area contributed by atoms with Gasteiger partial charge in [0.2, 0.25) is 5.91 Å². The first-order valence-electron chi connectivity index (χ1n) is 6.26. The molecule has 1 saturated heterocycles. The number of likely N-dealkylation sites (tertiary alicyclic amines) is 1. The first-order valence-corrected chi connectivity index (χ1v) is 6.26. The molecule has 5 nitrogen and oxygen atoms in total. The average Bonchev–Trinajstić information content (AvgIpc) is 2.77. The molecule has 2 heterocycles. The minimum Gasteiger partial charge on any atom is -0.363 e. The third-order valence-corrected chi connectivity index (χ3v) is 3.35. The number of aromatic nitrogens is 2. The van der Waals surface area contributed by atoms with E-state index in [0.29, 0.717) is 5.92 Å². The van der Waals surface area contributed by atoms with Gasteiger partial charge in [-0.15, -0.1) is 0 Å². The van der Waals surface area contributed by atoms with E-state index in [9.17, 15) is 4.79 Å². The van der Waals surface area contributed by atoms with Crippen molar-refractivity contribution in [2.45, 2.75) is 26.2 Å². The van der Waals surface area contributed by atoms with E-state index in [1.807, 2.05) is 36.9 Å². The van der Waals surface area contributed by atoms with Crippen molar-refractivity contribution in [1.29, 1.82) is 0 Å². The summed E-state index contributed by atoms with van der Waals surface area (Å²) >= 11 is 0. The molecule has 0 spiro atoms. The molecule has 0 N–H and O–H groups in total. The first kappa shape index (κ1) is 12.8. The predicted molar refractivity (Wildman–Crippen MR) is 70.7 cm³/mol. The van der Waals surface area contributed by atoms with Gasteiger partial charge in [0, 0.05) is 46.1 Å². The smallest absolute Gasteiger partial charge is 0.219 e. The first-order chi connectivity index (χ1) is 8.47. The van der Waals surface area contributed by atoms with Gasteiger partial charge >= 0.3 is 0 Å². The fraction of sp³-hybridized carbons (Fsp3) is 0.615. The Bertz CT molecular complexity index is 458. The number of carbonyl (C=O) groups is 1. The van der Waals surface area contributed by atoms with Crippen LogP contribution in [0.1, 0.15) is 30.8 Å². The van der Waals surface area contributed by atoms with Crippen LogP contribution in [0.15, 0.2) is 6.07 Å². The molecule has 1 amide bonds. The van der Waals surface area contributed by atoms with E-state index >= 15 is 0 Å². The topological polar surface area (TPSA) is 49.3 Å². The second-order valence-electron chi connectivity index (χ2n) is 5.04. The highest BCUT2D eigenvalue weighted by Crippen LogP contribution is 2.27. The van der Waals surface area contributed by atoms with Crippen LogP contribution in [0.5, 0.6) is 0 Å². The summed E-state index contributed by atoms with van der Waals surface area (Å²) in [4.78, 5) is 24.1. The number of nitrogens with zero attached hydrogens (tertiary/aromatic N) is 4. The fourth-order valence-corrected chi connectivity index (χ4v) is 2.30. The summed E-state index contributed by atoms with van der Waals surface area (Å²) in [6.45, 7) is 5.14. The van der Waals surface area contributed by atoms with E-state index < -0.39 is 0 Å². The van der Waals surface area contributed by atoms with Crippen LogP contribution in [0.3, 0.4) is 0 Å². The summed E-state index contributed by atoms with van der Waals surface area (Å²) in [5, 5.41) is 0. The summed E-state index contributed by atoms with van der Waals surface area (Å²) in [5.74, 6) is 2.21. The van der Waals surface area contributed by atoms with Crippen LogP contribution in [0.2, 0.25) is 0 Å². The van der Waals surface area contributed by atoms with E-state index in [-0.39, 0.29) is 5.91 Å². The molecule has 1 aromatic heterocycles. The standard InChI is InChI=1S/C13H20N4O/c1-9-14-12(7-13(15-9)16(3)4)11-5-6-17(8-11)10(2)18/h7,11H,5-6,8H2,1-4H3. The Morgan fingerprint density at radius 1 is 1.44 bits per heavy atom. The van der Waals surface area contributed by atoms with Gasteiger partial charge in [-0.1, -0.05) is 0 Å². The molecule has 1 aliphatic rings. The summed E-state index contributed by atoms with van der Waals surface area (Å²) in [7, 11) is 3.95. The van der Waals surface area contributed by atoms with Gasteiger partial charge in [-0.25, -0.2) is 9.97 Å². The molecule has 0 aromatic carbocycles. The molecule has 0 saturated carbocycles. The second-order valence-corrected chi connectivity index (χ2v) is 5.04. The second kappa shape index (κ2) is 4.92. The van der Waals surface area contributed by atoms with Crippen molar-refractivity contribution in [2.75, 3.05) is 32.1 Å². The predicted octanol–water partition coefficient (Wildman–Crippen LogP) is 1.19. The van der Waals surface area contributed by atoms with Crippen molar-refractivity contribution >= 4 is 11.7 Å². The Kier molecular flexibility index (Phi) is 3.50. The van der Waals surface area contributed by atoms with Gasteiger partial charge in [0.05, 0.1) is 5.69 Å². The molecule has 0 bridgehead atoms. The Morgan fingerprint density at radius 2 is 2.17 bits per heavy atom. The van der Waals surface area contributed by atoms with Gasteiger partial charge in [-0.05, 0) is 13.3 Å². The van der Waals surface area contributed by atoms with Gasteiger partial charge in [0.1, 0.15) is 11.6 Å². The van der Waals surface area contributed by atoms with Gasteiger partial charge in [-0.3, -0.25) is 4.79 Å². The Labute approximate surface area is 108 Å². The van der Waals surface area contributed by atoms with E-state index in [1.54, 1.807) is 6.92 Å². The average molecular weight is 248 g/mol. The summed E-state index contributed by atoms with van der Waals surface area (Å²) < 4.78 is 0. The zero-order valence-electron chi connectivity index (χ0n) is 11.5. The lowest BCUT2D eigenvalue weighted by molar-refractivity contribution is -0.127. The lowest BCUT2D eigenvalue weighted by atomic mass is 10.0. The third kappa shape index (κ3) is 2.60. The molecule has 1 aromatic rings. The van der Waals surface area contributed by atoms with Crippen LogP contribution >= 0.6 is 0 Å². The van der Waals surface area contributed by atoms with Crippen LogP contribution in [0.25, 0.3) is 0 Å². The zero-order chi connectivity index (χ0) is 13.3. The molecule has 2 rings (SSSR count). The van der Waals surface area contributed by atoms with Crippen molar-refractivity contribution in [3.63, 3.8) is 0 Å².